The van der Waals surface area contributed by atoms with Gasteiger partial charge in [-0.15, -0.1) is 11.8 Å². The van der Waals surface area contributed by atoms with Crippen LogP contribution in [0, 0.1) is 0 Å². The van der Waals surface area contributed by atoms with Crippen LogP contribution >= 0.6 is 11.8 Å². The summed E-state index contributed by atoms with van der Waals surface area (Å²) >= 11 is 0.524. The Morgan fingerprint density at radius 1 is 1.62 bits per heavy atom. The van der Waals surface area contributed by atoms with E-state index in [1.165, 1.54) is 0 Å². The molecule has 1 aliphatic heterocycles. The van der Waals surface area contributed by atoms with Gasteiger partial charge >= 0.3 is 6.18 Å². The number of hydrogen-bond acceptors (Lipinski definition) is 3. The Hall–Kier alpha value is -0.650. The number of rotatable bonds is 1. The highest BCUT2D eigenvalue weighted by Crippen LogP contribution is 2.41. The number of carbonyl (C=O) groups excluding carboxylic acids is 1. The summed E-state index contributed by atoms with van der Waals surface area (Å²) < 4.78 is 36.4. The van der Waals surface area contributed by atoms with Gasteiger partial charge in [0.2, 0.25) is 0 Å². The number of aliphatic hydroxyl groups excluding tert-OH is 1. The Balaban J connectivity index is 2.93. The summed E-state index contributed by atoms with van der Waals surface area (Å²) in [6.45, 7) is 1.14. The van der Waals surface area contributed by atoms with Crippen molar-refractivity contribution in [3.8, 4) is 0 Å². The van der Waals surface area contributed by atoms with E-state index in [2.05, 4.69) is 0 Å². The third kappa shape index (κ3) is 1.99. The van der Waals surface area contributed by atoms with Gasteiger partial charge in [0.05, 0.1) is 0 Å². The maximum Gasteiger partial charge on any atom is 0.407 e. The zero-order valence-corrected chi connectivity index (χ0v) is 7.50. The number of thioether (sulfide) groups is 1. The lowest BCUT2D eigenvalue weighted by molar-refractivity contribution is -0.126. The largest absolute Gasteiger partial charge is 0.510 e. The lowest BCUT2D eigenvalue weighted by Crippen LogP contribution is -2.25. The van der Waals surface area contributed by atoms with E-state index < -0.39 is 23.0 Å². The summed E-state index contributed by atoms with van der Waals surface area (Å²) in [7, 11) is 0. The number of hydrogen-bond donors (Lipinski definition) is 1. The van der Waals surface area contributed by atoms with Crippen molar-refractivity contribution in [1.82, 2.24) is 0 Å². The van der Waals surface area contributed by atoms with Crippen molar-refractivity contribution in [2.75, 3.05) is 5.75 Å². The molecule has 0 aromatic rings. The maximum absolute atomic E-state index is 12.1. The van der Waals surface area contributed by atoms with Gasteiger partial charge in [-0.1, -0.05) is 0 Å². The first-order chi connectivity index (χ1) is 5.84. The minimum atomic E-state index is -4.48. The Labute approximate surface area is 76.8 Å². The van der Waals surface area contributed by atoms with Crippen LogP contribution in [-0.4, -0.2) is 28.1 Å². The van der Waals surface area contributed by atoms with Gasteiger partial charge in [0.25, 0.3) is 0 Å². The summed E-state index contributed by atoms with van der Waals surface area (Å²) in [5, 5.41) is 7.15. The van der Waals surface area contributed by atoms with Crippen molar-refractivity contribution in [2.24, 2.45) is 0 Å². The highest BCUT2D eigenvalue weighted by Gasteiger charge is 2.47. The van der Waals surface area contributed by atoms with Crippen molar-refractivity contribution >= 4 is 17.5 Å². The molecule has 2 nitrogen and oxygen atoms in total. The molecule has 1 rings (SSSR count). The van der Waals surface area contributed by atoms with Crippen LogP contribution in [-0.2, 0) is 4.79 Å². The smallest absolute Gasteiger partial charge is 0.407 e. The average molecular weight is 212 g/mol. The van der Waals surface area contributed by atoms with Crippen LogP contribution < -0.4 is 0 Å². The first-order valence-corrected chi connectivity index (χ1v) is 4.50. The molecule has 1 N–H and O–H groups in total. The second-order valence-electron chi connectivity index (χ2n) is 2.65. The fourth-order valence-corrected chi connectivity index (χ4v) is 2.18. The third-order valence-corrected chi connectivity index (χ3v) is 2.95. The van der Waals surface area contributed by atoms with Crippen LogP contribution in [0.2, 0.25) is 0 Å². The standard InChI is InChI=1S/C7H7F3O2S/c1-3(11)4-2-13-6(5(4)12)7(8,9)10/h6,12H,2H2,1H3. The predicted octanol–water partition coefficient (Wildman–Crippen LogP) is 2.07. The Morgan fingerprint density at radius 2 is 2.15 bits per heavy atom. The minimum Gasteiger partial charge on any atom is -0.510 e. The predicted molar refractivity (Wildman–Crippen MR) is 42.6 cm³/mol. The van der Waals surface area contributed by atoms with E-state index in [-0.39, 0.29) is 11.3 Å². The molecule has 1 unspecified atom stereocenters. The molecule has 6 heteroatoms. The normalized spacial score (nSPS) is 23.8. The molecule has 1 aliphatic rings. The summed E-state index contributed by atoms with van der Waals surface area (Å²) in [5.41, 5.74) is -0.118. The molecule has 0 aliphatic carbocycles. The quantitative estimate of drug-likeness (QED) is 0.722. The van der Waals surface area contributed by atoms with Gasteiger partial charge in [-0.25, -0.2) is 0 Å². The molecule has 0 radical (unpaired) electrons. The van der Waals surface area contributed by atoms with E-state index in [0.717, 1.165) is 6.92 Å². The molecule has 74 valence electrons. The van der Waals surface area contributed by atoms with Crippen molar-refractivity contribution in [2.45, 2.75) is 18.3 Å². The lowest BCUT2D eigenvalue weighted by atomic mass is 10.1. The third-order valence-electron chi connectivity index (χ3n) is 1.67. The fourth-order valence-electron chi connectivity index (χ4n) is 1.01. The Bertz CT molecular complexity index is 269. The summed E-state index contributed by atoms with van der Waals surface area (Å²) in [5.74, 6) is -1.40. The monoisotopic (exact) mass is 212 g/mol. The van der Waals surface area contributed by atoms with Crippen molar-refractivity contribution in [1.29, 1.82) is 0 Å². The summed E-state index contributed by atoms with van der Waals surface area (Å²) in [6, 6.07) is 0. The Morgan fingerprint density at radius 3 is 2.38 bits per heavy atom. The SMILES string of the molecule is CC(=O)C1=C(O)C(C(F)(F)F)SC1. The molecule has 0 bridgehead atoms. The van der Waals surface area contributed by atoms with E-state index in [1.54, 1.807) is 0 Å². The van der Waals surface area contributed by atoms with E-state index >= 15 is 0 Å². The topological polar surface area (TPSA) is 37.3 Å². The van der Waals surface area contributed by atoms with Gasteiger partial charge < -0.3 is 5.11 Å². The molecule has 0 saturated heterocycles. The van der Waals surface area contributed by atoms with E-state index in [4.69, 9.17) is 5.11 Å². The van der Waals surface area contributed by atoms with E-state index in [1.807, 2.05) is 0 Å². The summed E-state index contributed by atoms with van der Waals surface area (Å²) in [6.07, 6.45) is -4.48. The number of carbonyl (C=O) groups is 1. The van der Waals surface area contributed by atoms with Crippen LogP contribution in [0.15, 0.2) is 11.3 Å². The molecule has 1 heterocycles. The van der Waals surface area contributed by atoms with Gasteiger partial charge in [0.15, 0.2) is 11.0 Å². The molecular weight excluding hydrogens is 205 g/mol. The van der Waals surface area contributed by atoms with Crippen LogP contribution in [0.1, 0.15) is 6.92 Å². The van der Waals surface area contributed by atoms with Crippen LogP contribution in [0.5, 0.6) is 0 Å². The summed E-state index contributed by atoms with van der Waals surface area (Å²) in [4.78, 5) is 10.7. The minimum absolute atomic E-state index is 0.0641. The second-order valence-corrected chi connectivity index (χ2v) is 3.75. The maximum atomic E-state index is 12.1. The van der Waals surface area contributed by atoms with Gasteiger partial charge in [0.1, 0.15) is 5.76 Å². The van der Waals surface area contributed by atoms with Crippen molar-refractivity contribution in [3.63, 3.8) is 0 Å². The number of alkyl halides is 3. The van der Waals surface area contributed by atoms with Crippen LogP contribution in [0.25, 0.3) is 0 Å². The second kappa shape index (κ2) is 3.25. The molecular formula is C7H7F3O2S. The number of ketones is 1. The molecule has 0 aromatic heterocycles. The molecule has 0 amide bonds. The van der Waals surface area contributed by atoms with E-state index in [9.17, 15) is 18.0 Å². The van der Waals surface area contributed by atoms with E-state index in [0.29, 0.717) is 11.8 Å². The fraction of sp³-hybridized carbons (Fsp3) is 0.571. The highest BCUT2D eigenvalue weighted by molar-refractivity contribution is 8.00. The Kier molecular flexibility index (Phi) is 2.61. The zero-order chi connectivity index (χ0) is 10.2. The van der Waals surface area contributed by atoms with Gasteiger partial charge in [0, 0.05) is 11.3 Å². The van der Waals surface area contributed by atoms with Gasteiger partial charge in [-0.2, -0.15) is 13.2 Å². The first kappa shape index (κ1) is 10.4. The number of halogens is 3. The van der Waals surface area contributed by atoms with Crippen LogP contribution in [0.3, 0.4) is 0 Å². The zero-order valence-electron chi connectivity index (χ0n) is 6.68. The molecule has 0 spiro atoms. The van der Waals surface area contributed by atoms with Gasteiger partial charge in [-0.05, 0) is 6.92 Å². The molecule has 13 heavy (non-hydrogen) atoms. The average Bonchev–Trinajstić information content (AvgIpc) is 2.28. The molecule has 0 aromatic carbocycles. The van der Waals surface area contributed by atoms with Gasteiger partial charge in [-0.3, -0.25) is 4.79 Å². The molecule has 0 saturated carbocycles. The first-order valence-electron chi connectivity index (χ1n) is 3.45. The highest BCUT2D eigenvalue weighted by atomic mass is 32.2. The number of aliphatic hydroxyl groups is 1. The molecule has 1 atom stereocenters. The van der Waals surface area contributed by atoms with Crippen LogP contribution in [0.4, 0.5) is 13.2 Å². The molecule has 0 fully saturated rings. The number of Topliss-reactive ketones (excluding diaryl/α,β-unsaturated/α-hetero) is 1. The van der Waals surface area contributed by atoms with Crippen molar-refractivity contribution in [3.05, 3.63) is 11.3 Å². The van der Waals surface area contributed by atoms with Crippen molar-refractivity contribution < 1.29 is 23.1 Å². The lowest BCUT2D eigenvalue weighted by Gasteiger charge is -2.13.